The van der Waals surface area contributed by atoms with Crippen LogP contribution < -0.4 is 10.6 Å². The lowest BCUT2D eigenvalue weighted by Gasteiger charge is -2.34. The fourth-order valence-corrected chi connectivity index (χ4v) is 3.89. The Labute approximate surface area is 187 Å². The molecule has 160 valence electrons. The standard InChI is InChI=1S/C25H25N7/c1-31-10-12-32(13-11-31)21-7-5-18(6-8-21)19-14-20(17-27-16-19)23-15-24(26)30-25(29-23)22-4-2-3-9-28-22/h2-9,14-17H,10-13H2,1H3,(H2,26,29,30). The predicted octanol–water partition coefficient (Wildman–Crippen LogP) is 3.60. The maximum atomic E-state index is 6.07. The summed E-state index contributed by atoms with van der Waals surface area (Å²) in [6.45, 7) is 4.30. The summed E-state index contributed by atoms with van der Waals surface area (Å²) >= 11 is 0. The van der Waals surface area contributed by atoms with E-state index in [9.17, 15) is 0 Å². The molecule has 1 aliphatic heterocycles. The highest BCUT2D eigenvalue weighted by Gasteiger charge is 2.14. The van der Waals surface area contributed by atoms with Crippen LogP contribution in [0, 0.1) is 0 Å². The SMILES string of the molecule is CN1CCN(c2ccc(-c3cncc(-c4cc(N)nc(-c5ccccn5)n4)c3)cc2)CC1. The van der Waals surface area contributed by atoms with Gasteiger partial charge < -0.3 is 15.5 Å². The maximum Gasteiger partial charge on any atom is 0.180 e. The van der Waals surface area contributed by atoms with E-state index in [1.54, 1.807) is 18.5 Å². The number of rotatable bonds is 4. The summed E-state index contributed by atoms with van der Waals surface area (Å²) in [5, 5.41) is 0. The van der Waals surface area contributed by atoms with Crippen molar-refractivity contribution >= 4 is 11.5 Å². The van der Waals surface area contributed by atoms with Crippen LogP contribution in [0.5, 0.6) is 0 Å². The zero-order chi connectivity index (χ0) is 21.9. The molecule has 3 aromatic heterocycles. The normalized spacial score (nSPS) is 14.5. The first-order chi connectivity index (χ1) is 15.7. The fourth-order valence-electron chi connectivity index (χ4n) is 3.89. The highest BCUT2D eigenvalue weighted by atomic mass is 15.2. The second-order valence-corrected chi connectivity index (χ2v) is 8.02. The molecule has 5 rings (SSSR count). The van der Waals surface area contributed by atoms with E-state index >= 15 is 0 Å². The Hall–Kier alpha value is -3.84. The van der Waals surface area contributed by atoms with Crippen molar-refractivity contribution in [1.29, 1.82) is 0 Å². The van der Waals surface area contributed by atoms with E-state index in [1.807, 2.05) is 24.4 Å². The Balaban J connectivity index is 1.42. The molecule has 1 aromatic carbocycles. The van der Waals surface area contributed by atoms with Crippen molar-refractivity contribution in [3.8, 4) is 33.9 Å². The minimum absolute atomic E-state index is 0.401. The minimum Gasteiger partial charge on any atom is -0.384 e. The van der Waals surface area contributed by atoms with Gasteiger partial charge in [0.1, 0.15) is 11.5 Å². The number of nitrogen functional groups attached to an aromatic ring is 1. The molecule has 2 N–H and O–H groups in total. The number of nitrogens with zero attached hydrogens (tertiary/aromatic N) is 6. The number of pyridine rings is 2. The van der Waals surface area contributed by atoms with Crippen molar-refractivity contribution in [2.45, 2.75) is 0 Å². The molecule has 0 amide bonds. The number of hydrogen-bond donors (Lipinski definition) is 1. The van der Waals surface area contributed by atoms with Gasteiger partial charge in [0.25, 0.3) is 0 Å². The molecule has 4 aromatic rings. The van der Waals surface area contributed by atoms with Crippen molar-refractivity contribution in [3.63, 3.8) is 0 Å². The van der Waals surface area contributed by atoms with Crippen LogP contribution in [0.25, 0.3) is 33.9 Å². The molecule has 32 heavy (non-hydrogen) atoms. The van der Waals surface area contributed by atoms with E-state index in [4.69, 9.17) is 5.73 Å². The van der Waals surface area contributed by atoms with Crippen LogP contribution in [0.1, 0.15) is 0 Å². The Morgan fingerprint density at radius 2 is 1.56 bits per heavy atom. The van der Waals surface area contributed by atoms with Crippen molar-refractivity contribution in [2.75, 3.05) is 43.9 Å². The quantitative estimate of drug-likeness (QED) is 0.537. The molecule has 0 radical (unpaired) electrons. The highest BCUT2D eigenvalue weighted by Crippen LogP contribution is 2.28. The number of anilines is 2. The molecule has 0 spiro atoms. The lowest BCUT2D eigenvalue weighted by atomic mass is 10.0. The van der Waals surface area contributed by atoms with Crippen LogP contribution in [0.2, 0.25) is 0 Å². The van der Waals surface area contributed by atoms with Gasteiger partial charge in [-0.05, 0) is 42.9 Å². The Morgan fingerprint density at radius 1 is 0.781 bits per heavy atom. The second-order valence-electron chi connectivity index (χ2n) is 8.02. The largest absolute Gasteiger partial charge is 0.384 e. The summed E-state index contributed by atoms with van der Waals surface area (Å²) in [6, 6.07) is 18.2. The van der Waals surface area contributed by atoms with E-state index in [2.05, 4.69) is 67.1 Å². The number of benzene rings is 1. The molecule has 0 bridgehead atoms. The van der Waals surface area contributed by atoms with Crippen molar-refractivity contribution in [2.24, 2.45) is 0 Å². The van der Waals surface area contributed by atoms with Gasteiger partial charge in [-0.25, -0.2) is 9.97 Å². The van der Waals surface area contributed by atoms with Gasteiger partial charge in [-0.1, -0.05) is 18.2 Å². The van der Waals surface area contributed by atoms with Crippen LogP contribution in [0.4, 0.5) is 11.5 Å². The number of piperazine rings is 1. The Bertz CT molecular complexity index is 1200. The van der Waals surface area contributed by atoms with Crippen LogP contribution in [0.15, 0.2) is 73.2 Å². The summed E-state index contributed by atoms with van der Waals surface area (Å²) in [7, 11) is 2.17. The number of likely N-dealkylation sites (N-methyl/N-ethyl adjacent to an activating group) is 1. The number of nitrogens with two attached hydrogens (primary N) is 1. The van der Waals surface area contributed by atoms with E-state index in [-0.39, 0.29) is 0 Å². The first-order valence-corrected chi connectivity index (χ1v) is 10.7. The molecule has 0 unspecified atom stereocenters. The molecule has 0 atom stereocenters. The molecule has 1 aliphatic rings. The van der Waals surface area contributed by atoms with Gasteiger partial charge in [0.2, 0.25) is 0 Å². The Kier molecular flexibility index (Phi) is 5.47. The maximum absolute atomic E-state index is 6.07. The second kappa shape index (κ2) is 8.72. The average Bonchev–Trinajstić information content (AvgIpc) is 2.85. The topological polar surface area (TPSA) is 84.1 Å². The van der Waals surface area contributed by atoms with Crippen molar-refractivity contribution in [3.05, 3.63) is 73.2 Å². The first-order valence-electron chi connectivity index (χ1n) is 10.7. The Morgan fingerprint density at radius 3 is 2.31 bits per heavy atom. The van der Waals surface area contributed by atoms with Crippen LogP contribution in [-0.4, -0.2) is 58.1 Å². The third-order valence-corrected chi connectivity index (χ3v) is 5.74. The third kappa shape index (κ3) is 4.29. The average molecular weight is 424 g/mol. The molecule has 0 aliphatic carbocycles. The van der Waals surface area contributed by atoms with Gasteiger partial charge in [0.15, 0.2) is 5.82 Å². The molecular formula is C25H25N7. The van der Waals surface area contributed by atoms with E-state index in [1.165, 1.54) is 5.69 Å². The van der Waals surface area contributed by atoms with Crippen LogP contribution in [-0.2, 0) is 0 Å². The molecule has 1 saturated heterocycles. The zero-order valence-corrected chi connectivity index (χ0v) is 18.0. The van der Waals surface area contributed by atoms with Gasteiger partial charge in [0, 0.05) is 67.7 Å². The van der Waals surface area contributed by atoms with Gasteiger partial charge >= 0.3 is 0 Å². The summed E-state index contributed by atoms with van der Waals surface area (Å²) in [6.07, 6.45) is 5.39. The van der Waals surface area contributed by atoms with Gasteiger partial charge in [-0.3, -0.25) is 9.97 Å². The predicted molar refractivity (Wildman–Crippen MR) is 128 cm³/mol. The first kappa shape index (κ1) is 20.1. The summed E-state index contributed by atoms with van der Waals surface area (Å²) in [4.78, 5) is 22.6. The van der Waals surface area contributed by atoms with Gasteiger partial charge in [0.05, 0.1) is 5.69 Å². The van der Waals surface area contributed by atoms with Crippen LogP contribution >= 0.6 is 0 Å². The van der Waals surface area contributed by atoms with E-state index < -0.39 is 0 Å². The number of hydrogen-bond acceptors (Lipinski definition) is 7. The monoisotopic (exact) mass is 423 g/mol. The van der Waals surface area contributed by atoms with Gasteiger partial charge in [-0.15, -0.1) is 0 Å². The molecule has 0 saturated carbocycles. The molecular weight excluding hydrogens is 398 g/mol. The van der Waals surface area contributed by atoms with Crippen molar-refractivity contribution < 1.29 is 0 Å². The van der Waals surface area contributed by atoms with Crippen molar-refractivity contribution in [1.82, 2.24) is 24.8 Å². The number of aromatic nitrogens is 4. The molecule has 7 heteroatoms. The van der Waals surface area contributed by atoms with Crippen LogP contribution in [0.3, 0.4) is 0 Å². The summed E-state index contributed by atoms with van der Waals surface area (Å²) in [5.41, 5.74) is 11.8. The van der Waals surface area contributed by atoms with Gasteiger partial charge in [-0.2, -0.15) is 0 Å². The lowest BCUT2D eigenvalue weighted by Crippen LogP contribution is -2.44. The smallest absolute Gasteiger partial charge is 0.180 e. The third-order valence-electron chi connectivity index (χ3n) is 5.74. The molecule has 4 heterocycles. The summed E-state index contributed by atoms with van der Waals surface area (Å²) in [5.74, 6) is 0.903. The van der Waals surface area contributed by atoms with E-state index in [0.717, 1.165) is 48.6 Å². The minimum atomic E-state index is 0.401. The van der Waals surface area contributed by atoms with E-state index in [0.29, 0.717) is 17.3 Å². The highest BCUT2D eigenvalue weighted by molar-refractivity contribution is 5.73. The fraction of sp³-hybridized carbons (Fsp3) is 0.200. The summed E-state index contributed by atoms with van der Waals surface area (Å²) < 4.78 is 0. The zero-order valence-electron chi connectivity index (χ0n) is 18.0. The molecule has 7 nitrogen and oxygen atoms in total. The molecule has 1 fully saturated rings. The lowest BCUT2D eigenvalue weighted by molar-refractivity contribution is 0.313.